The van der Waals surface area contributed by atoms with Crippen LogP contribution in [0.2, 0.25) is 0 Å². The van der Waals surface area contributed by atoms with E-state index in [4.69, 9.17) is 4.74 Å². The first kappa shape index (κ1) is 15.0. The fourth-order valence-electron chi connectivity index (χ4n) is 2.91. The van der Waals surface area contributed by atoms with Crippen LogP contribution in [0.1, 0.15) is 34.1 Å². The van der Waals surface area contributed by atoms with Crippen molar-refractivity contribution in [2.75, 3.05) is 32.8 Å². The second-order valence-electron chi connectivity index (χ2n) is 5.83. The third-order valence-corrected chi connectivity index (χ3v) is 4.32. The van der Waals surface area contributed by atoms with Crippen LogP contribution in [0.4, 0.5) is 0 Å². The van der Waals surface area contributed by atoms with E-state index in [2.05, 4.69) is 16.7 Å². The van der Waals surface area contributed by atoms with Gasteiger partial charge in [-0.1, -0.05) is 30.2 Å². The first-order valence-electron chi connectivity index (χ1n) is 7.62. The Morgan fingerprint density at radius 3 is 2.32 bits per heavy atom. The number of nitrogens with zero attached hydrogens (tertiary/aromatic N) is 1. The molecule has 1 aromatic rings. The number of ketones is 2. The highest BCUT2D eigenvalue weighted by molar-refractivity contribution is 6.31. The zero-order chi connectivity index (χ0) is 15.6. The number of morpholine rings is 1. The molecule has 0 amide bonds. The highest BCUT2D eigenvalue weighted by atomic mass is 16.5. The summed E-state index contributed by atoms with van der Waals surface area (Å²) in [4.78, 5) is 27.2. The summed E-state index contributed by atoms with van der Waals surface area (Å²) in [6, 6.07) is 6.97. The van der Waals surface area contributed by atoms with Crippen molar-refractivity contribution in [2.45, 2.75) is 13.3 Å². The molecule has 3 rings (SSSR count). The summed E-state index contributed by atoms with van der Waals surface area (Å²) in [6.45, 7) is 5.85. The van der Waals surface area contributed by atoms with E-state index in [9.17, 15) is 9.59 Å². The number of Topliss-reactive ketones (excluding diaryl/α,β-unsaturated/α-hetero) is 2. The molecule has 0 saturated carbocycles. The molecular formula is C18H19NO3. The fourth-order valence-corrected chi connectivity index (χ4v) is 2.91. The predicted octanol–water partition coefficient (Wildman–Crippen LogP) is 1.80. The molecule has 0 unspecified atom stereocenters. The number of hydrogen-bond donors (Lipinski definition) is 0. The summed E-state index contributed by atoms with van der Waals surface area (Å²) in [5, 5.41) is 0. The van der Waals surface area contributed by atoms with E-state index >= 15 is 0 Å². The summed E-state index contributed by atoms with van der Waals surface area (Å²) < 4.78 is 5.30. The van der Waals surface area contributed by atoms with Crippen LogP contribution in [0.3, 0.4) is 0 Å². The van der Waals surface area contributed by atoms with Crippen LogP contribution in [0.15, 0.2) is 24.3 Å². The Morgan fingerprint density at radius 1 is 1.14 bits per heavy atom. The standard InChI is InChI=1S/C18H19NO3/c1-18(8-4-5-9-19-10-12-22-13-11-19)16(20)14-6-2-3-7-15(14)17(18)21/h2-3,6-7H,5,9-13H2,1H3. The summed E-state index contributed by atoms with van der Waals surface area (Å²) in [7, 11) is 0. The largest absolute Gasteiger partial charge is 0.379 e. The average molecular weight is 297 g/mol. The molecule has 4 nitrogen and oxygen atoms in total. The zero-order valence-corrected chi connectivity index (χ0v) is 12.7. The third-order valence-electron chi connectivity index (χ3n) is 4.32. The first-order chi connectivity index (χ1) is 10.6. The molecule has 114 valence electrons. The van der Waals surface area contributed by atoms with Gasteiger partial charge in [0.2, 0.25) is 0 Å². The number of ether oxygens (including phenoxy) is 1. The lowest BCUT2D eigenvalue weighted by Gasteiger charge is -2.25. The molecule has 1 saturated heterocycles. The number of fused-ring (bicyclic) bond motifs is 1. The van der Waals surface area contributed by atoms with Gasteiger partial charge in [-0.3, -0.25) is 14.5 Å². The van der Waals surface area contributed by atoms with Gasteiger partial charge >= 0.3 is 0 Å². The van der Waals surface area contributed by atoms with E-state index in [1.807, 2.05) is 0 Å². The molecule has 1 heterocycles. The number of benzene rings is 1. The first-order valence-corrected chi connectivity index (χ1v) is 7.62. The van der Waals surface area contributed by atoms with Gasteiger partial charge in [-0.25, -0.2) is 0 Å². The van der Waals surface area contributed by atoms with E-state index in [0.717, 1.165) is 32.8 Å². The fraction of sp³-hybridized carbons (Fsp3) is 0.444. The number of hydrogen-bond acceptors (Lipinski definition) is 4. The highest BCUT2D eigenvalue weighted by Crippen LogP contribution is 2.35. The van der Waals surface area contributed by atoms with Crippen LogP contribution < -0.4 is 0 Å². The van der Waals surface area contributed by atoms with Gasteiger partial charge in [-0.15, -0.1) is 5.92 Å². The van der Waals surface area contributed by atoms with Crippen molar-refractivity contribution in [1.82, 2.24) is 4.90 Å². The van der Waals surface area contributed by atoms with Crippen molar-refractivity contribution in [1.29, 1.82) is 0 Å². The predicted molar refractivity (Wildman–Crippen MR) is 82.9 cm³/mol. The van der Waals surface area contributed by atoms with E-state index in [0.29, 0.717) is 17.5 Å². The Morgan fingerprint density at radius 2 is 1.73 bits per heavy atom. The Bertz CT molecular complexity index is 627. The number of carbonyl (C=O) groups is 2. The maximum atomic E-state index is 12.5. The summed E-state index contributed by atoms with van der Waals surface area (Å²) >= 11 is 0. The lowest BCUT2D eigenvalue weighted by Crippen LogP contribution is -2.36. The Balaban J connectivity index is 1.69. The molecule has 0 radical (unpaired) electrons. The van der Waals surface area contributed by atoms with Gasteiger partial charge in [-0.05, 0) is 6.92 Å². The normalized spacial score (nSPS) is 20.4. The molecule has 1 aliphatic heterocycles. The van der Waals surface area contributed by atoms with Crippen molar-refractivity contribution >= 4 is 11.6 Å². The number of carbonyl (C=O) groups excluding carboxylic acids is 2. The quantitative estimate of drug-likeness (QED) is 0.617. The topological polar surface area (TPSA) is 46.6 Å². The van der Waals surface area contributed by atoms with Crippen LogP contribution in [0, 0.1) is 17.3 Å². The minimum Gasteiger partial charge on any atom is -0.379 e. The van der Waals surface area contributed by atoms with Crippen LogP contribution >= 0.6 is 0 Å². The molecule has 4 heteroatoms. The molecule has 0 atom stereocenters. The maximum absolute atomic E-state index is 12.5. The van der Waals surface area contributed by atoms with E-state index in [1.165, 1.54) is 0 Å². The Kier molecular flexibility index (Phi) is 4.10. The van der Waals surface area contributed by atoms with Gasteiger partial charge < -0.3 is 4.74 Å². The molecule has 0 N–H and O–H groups in total. The molecule has 2 aliphatic rings. The molecule has 0 bridgehead atoms. The summed E-state index contributed by atoms with van der Waals surface area (Å²) in [6.07, 6.45) is 0.659. The molecule has 1 fully saturated rings. The molecule has 0 aromatic heterocycles. The smallest absolute Gasteiger partial charge is 0.189 e. The van der Waals surface area contributed by atoms with Crippen LogP contribution in [0.5, 0.6) is 0 Å². The van der Waals surface area contributed by atoms with Crippen molar-refractivity contribution in [3.8, 4) is 11.8 Å². The van der Waals surface area contributed by atoms with Gasteiger partial charge in [0.15, 0.2) is 17.0 Å². The lowest BCUT2D eigenvalue weighted by atomic mass is 9.85. The Hall–Kier alpha value is -1.96. The molecule has 0 spiro atoms. The van der Waals surface area contributed by atoms with Crippen molar-refractivity contribution in [2.24, 2.45) is 5.41 Å². The third kappa shape index (κ3) is 2.58. The van der Waals surface area contributed by atoms with Crippen LogP contribution in [0.25, 0.3) is 0 Å². The molecule has 22 heavy (non-hydrogen) atoms. The van der Waals surface area contributed by atoms with Crippen LogP contribution in [-0.4, -0.2) is 49.3 Å². The minimum absolute atomic E-state index is 0.174. The van der Waals surface area contributed by atoms with Crippen molar-refractivity contribution in [3.63, 3.8) is 0 Å². The summed E-state index contributed by atoms with van der Waals surface area (Å²) in [5.74, 6) is 5.63. The second-order valence-corrected chi connectivity index (χ2v) is 5.83. The maximum Gasteiger partial charge on any atom is 0.189 e. The van der Waals surface area contributed by atoms with E-state index in [1.54, 1.807) is 31.2 Å². The van der Waals surface area contributed by atoms with Crippen molar-refractivity contribution in [3.05, 3.63) is 35.4 Å². The van der Waals surface area contributed by atoms with Gasteiger partial charge in [0.05, 0.1) is 13.2 Å². The lowest BCUT2D eigenvalue weighted by molar-refractivity contribution is 0.0390. The highest BCUT2D eigenvalue weighted by Gasteiger charge is 2.48. The van der Waals surface area contributed by atoms with Gasteiger partial charge in [0.25, 0.3) is 0 Å². The number of rotatable bonds is 2. The molecule has 1 aliphatic carbocycles. The summed E-state index contributed by atoms with van der Waals surface area (Å²) in [5.41, 5.74) is -0.218. The van der Waals surface area contributed by atoms with Gasteiger partial charge in [0, 0.05) is 37.2 Å². The second kappa shape index (κ2) is 6.04. The van der Waals surface area contributed by atoms with E-state index < -0.39 is 5.41 Å². The molecular weight excluding hydrogens is 278 g/mol. The SMILES string of the molecule is CC1(C#CCCN2CCOCC2)C(=O)c2ccccc2C1=O. The Labute approximate surface area is 130 Å². The molecule has 1 aromatic carbocycles. The van der Waals surface area contributed by atoms with E-state index in [-0.39, 0.29) is 11.6 Å². The van der Waals surface area contributed by atoms with Gasteiger partial charge in [0.1, 0.15) is 0 Å². The monoisotopic (exact) mass is 297 g/mol. The average Bonchev–Trinajstić information content (AvgIpc) is 2.75. The zero-order valence-electron chi connectivity index (χ0n) is 12.7. The van der Waals surface area contributed by atoms with Crippen LogP contribution in [-0.2, 0) is 4.74 Å². The van der Waals surface area contributed by atoms with Crippen molar-refractivity contribution < 1.29 is 14.3 Å². The minimum atomic E-state index is -1.21. The van der Waals surface area contributed by atoms with Gasteiger partial charge in [-0.2, -0.15) is 0 Å².